The van der Waals surface area contributed by atoms with Crippen LogP contribution in [0, 0.1) is 5.92 Å². The Kier molecular flexibility index (Phi) is 10.4. The minimum Gasteiger partial charge on any atom is -0.336 e. The first-order chi connectivity index (χ1) is 10.4. The van der Waals surface area contributed by atoms with Crippen molar-refractivity contribution >= 4 is 6.03 Å². The minimum absolute atomic E-state index is 0.0996. The molecule has 0 aliphatic rings. The number of amides is 2. The molecule has 0 radical (unpaired) electrons. The SMILES string of the molecule is CCCCCCCCC(C)C(OC)(OC)N(C)C(=O)N(C)C. The van der Waals surface area contributed by atoms with E-state index in [0.717, 1.165) is 12.8 Å². The van der Waals surface area contributed by atoms with Gasteiger partial charge in [0.15, 0.2) is 0 Å². The summed E-state index contributed by atoms with van der Waals surface area (Å²) in [6, 6.07) is -0.126. The fourth-order valence-electron chi connectivity index (χ4n) is 2.94. The summed E-state index contributed by atoms with van der Waals surface area (Å²) in [7, 11) is 8.38. The number of urea groups is 1. The zero-order valence-electron chi connectivity index (χ0n) is 15.6. The lowest BCUT2D eigenvalue weighted by Gasteiger charge is -2.43. The topological polar surface area (TPSA) is 42.0 Å². The number of nitrogens with zero attached hydrogens (tertiary/aromatic N) is 2. The van der Waals surface area contributed by atoms with E-state index in [9.17, 15) is 4.79 Å². The fraction of sp³-hybridized carbons (Fsp3) is 0.941. The molecule has 5 heteroatoms. The van der Waals surface area contributed by atoms with Crippen LogP contribution < -0.4 is 0 Å². The van der Waals surface area contributed by atoms with Gasteiger partial charge in [0.2, 0.25) is 0 Å². The summed E-state index contributed by atoms with van der Waals surface area (Å²) in [6.45, 7) is 4.31. The maximum absolute atomic E-state index is 12.3. The Morgan fingerprint density at radius 1 is 1.00 bits per heavy atom. The summed E-state index contributed by atoms with van der Waals surface area (Å²) in [6.07, 6.45) is 8.49. The number of hydrogen-bond donors (Lipinski definition) is 0. The van der Waals surface area contributed by atoms with Crippen molar-refractivity contribution in [2.24, 2.45) is 5.92 Å². The summed E-state index contributed by atoms with van der Waals surface area (Å²) in [5, 5.41) is 0. The van der Waals surface area contributed by atoms with Crippen molar-refractivity contribution in [1.29, 1.82) is 0 Å². The summed E-state index contributed by atoms with van der Waals surface area (Å²) < 4.78 is 11.3. The van der Waals surface area contributed by atoms with Gasteiger partial charge in [0, 0.05) is 41.3 Å². The molecule has 0 aromatic heterocycles. The second kappa shape index (κ2) is 10.8. The highest BCUT2D eigenvalue weighted by Crippen LogP contribution is 2.30. The van der Waals surface area contributed by atoms with Crippen LogP contribution in [0.4, 0.5) is 4.79 Å². The average molecular weight is 316 g/mol. The lowest BCUT2D eigenvalue weighted by atomic mass is 9.97. The van der Waals surface area contributed by atoms with E-state index in [4.69, 9.17) is 9.47 Å². The normalized spacial score (nSPS) is 13.0. The van der Waals surface area contributed by atoms with Crippen LogP contribution in [0.3, 0.4) is 0 Å². The monoisotopic (exact) mass is 316 g/mol. The molecule has 0 N–H and O–H groups in total. The van der Waals surface area contributed by atoms with Gasteiger partial charge < -0.3 is 14.4 Å². The molecule has 0 aromatic carbocycles. The van der Waals surface area contributed by atoms with E-state index in [-0.39, 0.29) is 11.9 Å². The van der Waals surface area contributed by atoms with Crippen molar-refractivity contribution < 1.29 is 14.3 Å². The van der Waals surface area contributed by atoms with Crippen LogP contribution in [0.2, 0.25) is 0 Å². The highest BCUT2D eigenvalue weighted by Gasteiger charge is 2.43. The van der Waals surface area contributed by atoms with Gasteiger partial charge in [-0.1, -0.05) is 52.4 Å². The fourth-order valence-corrected chi connectivity index (χ4v) is 2.94. The van der Waals surface area contributed by atoms with Crippen LogP contribution in [-0.2, 0) is 9.47 Å². The maximum Gasteiger partial charge on any atom is 0.323 e. The number of unbranched alkanes of at least 4 members (excludes halogenated alkanes) is 5. The van der Waals surface area contributed by atoms with Gasteiger partial charge in [-0.15, -0.1) is 0 Å². The molecule has 0 bridgehead atoms. The lowest BCUT2D eigenvalue weighted by Crippen LogP contribution is -2.58. The molecule has 1 atom stereocenters. The molecular weight excluding hydrogens is 280 g/mol. The van der Waals surface area contributed by atoms with Crippen LogP contribution in [0.1, 0.15) is 58.8 Å². The molecule has 0 saturated carbocycles. The zero-order valence-corrected chi connectivity index (χ0v) is 15.6. The Morgan fingerprint density at radius 2 is 1.50 bits per heavy atom. The van der Waals surface area contributed by atoms with E-state index in [0.29, 0.717) is 0 Å². The molecule has 0 saturated heterocycles. The smallest absolute Gasteiger partial charge is 0.323 e. The van der Waals surface area contributed by atoms with Gasteiger partial charge in [0.05, 0.1) is 0 Å². The quantitative estimate of drug-likeness (QED) is 0.428. The molecule has 5 nitrogen and oxygen atoms in total. The third kappa shape index (κ3) is 5.76. The number of carbonyl (C=O) groups excluding carboxylic acids is 1. The molecular formula is C17H36N2O3. The minimum atomic E-state index is -1.01. The van der Waals surface area contributed by atoms with Crippen molar-refractivity contribution in [3.05, 3.63) is 0 Å². The molecule has 22 heavy (non-hydrogen) atoms. The molecule has 0 aliphatic heterocycles. The highest BCUT2D eigenvalue weighted by atomic mass is 16.7. The van der Waals surface area contributed by atoms with Gasteiger partial charge in [0.25, 0.3) is 5.91 Å². The predicted molar refractivity (Wildman–Crippen MR) is 90.8 cm³/mol. The van der Waals surface area contributed by atoms with Gasteiger partial charge >= 0.3 is 6.03 Å². The summed E-state index contributed by atoms with van der Waals surface area (Å²) in [4.78, 5) is 15.3. The maximum atomic E-state index is 12.3. The van der Waals surface area contributed by atoms with E-state index >= 15 is 0 Å². The molecule has 1 unspecified atom stereocenters. The van der Waals surface area contributed by atoms with Crippen molar-refractivity contribution in [2.45, 2.75) is 64.7 Å². The molecule has 0 aliphatic carbocycles. The number of ether oxygens (including phenoxy) is 2. The summed E-state index contributed by atoms with van der Waals surface area (Å²) in [5.74, 6) is -0.910. The Balaban J connectivity index is 4.61. The van der Waals surface area contributed by atoms with E-state index in [1.807, 2.05) is 0 Å². The Hall–Kier alpha value is -0.810. The molecule has 0 heterocycles. The zero-order chi connectivity index (χ0) is 17.2. The lowest BCUT2D eigenvalue weighted by molar-refractivity contribution is -0.302. The molecule has 0 spiro atoms. The number of carbonyl (C=O) groups is 1. The van der Waals surface area contributed by atoms with Crippen molar-refractivity contribution in [3.63, 3.8) is 0 Å². The summed E-state index contributed by atoms with van der Waals surface area (Å²) in [5.41, 5.74) is 0. The standard InChI is InChI=1S/C17H36N2O3/c1-8-9-10-11-12-13-14-15(2)17(21-6,22-7)19(5)16(20)18(3)4/h15H,8-14H2,1-7H3. The van der Waals surface area contributed by atoms with Gasteiger partial charge in [-0.05, 0) is 6.42 Å². The van der Waals surface area contributed by atoms with E-state index in [2.05, 4.69) is 13.8 Å². The van der Waals surface area contributed by atoms with Crippen LogP contribution in [0.5, 0.6) is 0 Å². The Bertz CT molecular complexity index is 304. The van der Waals surface area contributed by atoms with Crippen molar-refractivity contribution in [3.8, 4) is 0 Å². The van der Waals surface area contributed by atoms with Crippen molar-refractivity contribution in [1.82, 2.24) is 9.80 Å². The molecule has 0 aromatic rings. The predicted octanol–water partition coefficient (Wildman–Crippen LogP) is 3.93. The second-order valence-electron chi connectivity index (χ2n) is 6.23. The molecule has 132 valence electrons. The average Bonchev–Trinajstić information content (AvgIpc) is 2.51. The third-order valence-electron chi connectivity index (χ3n) is 4.34. The first-order valence-electron chi connectivity index (χ1n) is 8.42. The largest absolute Gasteiger partial charge is 0.336 e. The first-order valence-corrected chi connectivity index (χ1v) is 8.42. The molecule has 0 fully saturated rings. The number of rotatable bonds is 11. The van der Waals surface area contributed by atoms with E-state index < -0.39 is 5.91 Å². The molecule has 0 rings (SSSR count). The Labute approximate surface area is 136 Å². The van der Waals surface area contributed by atoms with Crippen LogP contribution in [0.15, 0.2) is 0 Å². The van der Waals surface area contributed by atoms with Gasteiger partial charge in [-0.2, -0.15) is 0 Å². The Morgan fingerprint density at radius 3 is 1.95 bits per heavy atom. The van der Waals surface area contributed by atoms with Crippen molar-refractivity contribution in [2.75, 3.05) is 35.4 Å². The van der Waals surface area contributed by atoms with Gasteiger partial charge in [-0.25, -0.2) is 4.79 Å². The van der Waals surface area contributed by atoms with E-state index in [1.165, 1.54) is 37.0 Å². The van der Waals surface area contributed by atoms with Crippen LogP contribution in [0.25, 0.3) is 0 Å². The highest BCUT2D eigenvalue weighted by molar-refractivity contribution is 5.74. The summed E-state index contributed by atoms with van der Waals surface area (Å²) >= 11 is 0. The van der Waals surface area contributed by atoms with Gasteiger partial charge in [-0.3, -0.25) is 4.90 Å². The van der Waals surface area contributed by atoms with Crippen LogP contribution >= 0.6 is 0 Å². The van der Waals surface area contributed by atoms with E-state index in [1.54, 1.807) is 40.3 Å². The molecule has 2 amide bonds. The van der Waals surface area contributed by atoms with Gasteiger partial charge in [0.1, 0.15) is 0 Å². The third-order valence-corrected chi connectivity index (χ3v) is 4.34. The van der Waals surface area contributed by atoms with Crippen LogP contribution in [-0.4, -0.2) is 57.1 Å². The second-order valence-corrected chi connectivity index (χ2v) is 6.23. The number of hydrogen-bond acceptors (Lipinski definition) is 3. The number of methoxy groups -OCH3 is 2. The first kappa shape index (κ1) is 21.2.